The topological polar surface area (TPSA) is 59.0 Å². The maximum atomic E-state index is 12.3. The van der Waals surface area contributed by atoms with Crippen molar-refractivity contribution in [3.63, 3.8) is 0 Å². The van der Waals surface area contributed by atoms with Crippen molar-refractivity contribution in [2.45, 2.75) is 18.9 Å². The van der Waals surface area contributed by atoms with Crippen LogP contribution in [0.2, 0.25) is 0 Å². The summed E-state index contributed by atoms with van der Waals surface area (Å²) >= 11 is 0. The number of benzene rings is 1. The number of aliphatic hydroxyl groups excluding tert-OH is 1. The van der Waals surface area contributed by atoms with Gasteiger partial charge in [0.25, 0.3) is 5.91 Å². The van der Waals surface area contributed by atoms with E-state index in [9.17, 15) is 9.90 Å². The zero-order chi connectivity index (χ0) is 12.5. The van der Waals surface area contributed by atoms with Crippen LogP contribution in [-0.2, 0) is 0 Å². The van der Waals surface area contributed by atoms with Gasteiger partial charge < -0.3 is 19.5 Å². The number of rotatable bonds is 1. The molecule has 0 unspecified atom stereocenters. The van der Waals surface area contributed by atoms with Crippen LogP contribution in [0.4, 0.5) is 0 Å². The largest absolute Gasteiger partial charge is 0.454 e. The van der Waals surface area contributed by atoms with Crippen LogP contribution in [0.1, 0.15) is 23.2 Å². The van der Waals surface area contributed by atoms with Gasteiger partial charge in [-0.2, -0.15) is 0 Å². The fraction of sp³-hybridized carbons (Fsp3) is 0.462. The summed E-state index contributed by atoms with van der Waals surface area (Å²) in [6, 6.07) is 5.18. The summed E-state index contributed by atoms with van der Waals surface area (Å²) in [7, 11) is 0. The number of hydrogen-bond acceptors (Lipinski definition) is 4. The minimum atomic E-state index is -0.406. The van der Waals surface area contributed by atoms with E-state index in [0.29, 0.717) is 30.2 Å². The number of nitrogens with zero attached hydrogens (tertiary/aromatic N) is 1. The van der Waals surface area contributed by atoms with Crippen LogP contribution in [0.5, 0.6) is 11.5 Å². The number of fused-ring (bicyclic) bond motifs is 1. The molecule has 2 aliphatic rings. The molecular formula is C13H15NO4. The number of carbonyl (C=O) groups is 1. The van der Waals surface area contributed by atoms with Crippen LogP contribution >= 0.6 is 0 Å². The first-order chi connectivity index (χ1) is 8.74. The van der Waals surface area contributed by atoms with E-state index in [1.54, 1.807) is 23.1 Å². The van der Waals surface area contributed by atoms with E-state index in [-0.39, 0.29) is 12.7 Å². The first-order valence-corrected chi connectivity index (χ1v) is 6.11. The molecule has 0 bridgehead atoms. The molecule has 0 aromatic heterocycles. The molecule has 0 aliphatic carbocycles. The molecule has 1 N–H and O–H groups in total. The molecule has 96 valence electrons. The van der Waals surface area contributed by atoms with Crippen LogP contribution in [-0.4, -0.2) is 41.9 Å². The lowest BCUT2D eigenvalue weighted by molar-refractivity contribution is 0.0473. The molecule has 0 radical (unpaired) electrons. The lowest BCUT2D eigenvalue weighted by Crippen LogP contribution is -2.42. The molecule has 1 saturated heterocycles. The van der Waals surface area contributed by atoms with Crippen molar-refractivity contribution in [1.29, 1.82) is 0 Å². The number of likely N-dealkylation sites (tertiary alicyclic amines) is 1. The van der Waals surface area contributed by atoms with Crippen LogP contribution in [0, 0.1) is 0 Å². The molecule has 5 heteroatoms. The second-order valence-electron chi connectivity index (χ2n) is 4.62. The quantitative estimate of drug-likeness (QED) is 0.807. The fourth-order valence-corrected chi connectivity index (χ4v) is 2.35. The maximum absolute atomic E-state index is 12.3. The molecule has 1 amide bonds. The van der Waals surface area contributed by atoms with Gasteiger partial charge in [-0.1, -0.05) is 0 Å². The number of piperidine rings is 1. The number of hydrogen-bond donors (Lipinski definition) is 1. The molecule has 18 heavy (non-hydrogen) atoms. The van der Waals surface area contributed by atoms with Crippen molar-refractivity contribution in [2.75, 3.05) is 19.9 Å². The van der Waals surface area contributed by atoms with E-state index in [1.807, 2.05) is 0 Å². The third kappa shape index (κ3) is 2.01. The van der Waals surface area contributed by atoms with E-state index in [1.165, 1.54) is 0 Å². The molecule has 0 spiro atoms. The molecule has 5 nitrogen and oxygen atoms in total. The lowest BCUT2D eigenvalue weighted by atomic mass is 10.1. The average Bonchev–Trinajstić information content (AvgIpc) is 2.85. The highest BCUT2D eigenvalue weighted by Crippen LogP contribution is 2.33. The number of carbonyl (C=O) groups excluding carboxylic acids is 1. The Bertz CT molecular complexity index is 474. The Hall–Kier alpha value is -1.75. The maximum Gasteiger partial charge on any atom is 0.254 e. The van der Waals surface area contributed by atoms with E-state index in [4.69, 9.17) is 9.47 Å². The molecule has 1 aromatic rings. The Labute approximate surface area is 105 Å². The molecule has 2 aliphatic heterocycles. The number of aliphatic hydroxyl groups is 1. The lowest BCUT2D eigenvalue weighted by Gasteiger charge is -2.30. The van der Waals surface area contributed by atoms with Crippen molar-refractivity contribution in [3.05, 3.63) is 23.8 Å². The zero-order valence-electron chi connectivity index (χ0n) is 9.96. The molecule has 0 saturated carbocycles. The molecular weight excluding hydrogens is 234 g/mol. The molecule has 1 fully saturated rings. The minimum Gasteiger partial charge on any atom is -0.454 e. The predicted octanol–water partition coefficient (Wildman–Crippen LogP) is 1.01. The standard InChI is InChI=1S/C13H15NO4/c15-10-2-1-5-14(7-10)13(16)9-3-4-11-12(6-9)18-8-17-11/h3-4,6,10,15H,1-2,5,7-8H2/t10-/m0/s1. The third-order valence-corrected chi connectivity index (χ3v) is 3.30. The van der Waals surface area contributed by atoms with Gasteiger partial charge in [0.2, 0.25) is 6.79 Å². The predicted molar refractivity (Wildman–Crippen MR) is 63.7 cm³/mol. The van der Waals surface area contributed by atoms with Gasteiger partial charge in [0.05, 0.1) is 6.10 Å². The van der Waals surface area contributed by atoms with Crippen molar-refractivity contribution < 1.29 is 19.4 Å². The summed E-state index contributed by atoms with van der Waals surface area (Å²) in [5.41, 5.74) is 0.577. The highest BCUT2D eigenvalue weighted by Gasteiger charge is 2.24. The van der Waals surface area contributed by atoms with Gasteiger partial charge in [-0.25, -0.2) is 0 Å². The summed E-state index contributed by atoms with van der Waals surface area (Å²) in [5.74, 6) is 1.22. The summed E-state index contributed by atoms with van der Waals surface area (Å²) in [5, 5.41) is 9.59. The van der Waals surface area contributed by atoms with Crippen LogP contribution in [0.3, 0.4) is 0 Å². The number of amides is 1. The highest BCUT2D eigenvalue weighted by molar-refractivity contribution is 5.95. The molecule has 3 rings (SSSR count). The summed E-state index contributed by atoms with van der Waals surface area (Å²) < 4.78 is 10.5. The monoisotopic (exact) mass is 249 g/mol. The normalized spacial score (nSPS) is 22.1. The summed E-state index contributed by atoms with van der Waals surface area (Å²) in [6.45, 7) is 1.31. The Morgan fingerprint density at radius 2 is 2.17 bits per heavy atom. The van der Waals surface area contributed by atoms with E-state index in [2.05, 4.69) is 0 Å². The van der Waals surface area contributed by atoms with Gasteiger partial charge in [0.15, 0.2) is 11.5 Å². The number of ether oxygens (including phenoxy) is 2. The van der Waals surface area contributed by atoms with Gasteiger partial charge in [-0.05, 0) is 31.0 Å². The van der Waals surface area contributed by atoms with Crippen LogP contribution < -0.4 is 9.47 Å². The van der Waals surface area contributed by atoms with Gasteiger partial charge in [-0.15, -0.1) is 0 Å². The minimum absolute atomic E-state index is 0.0629. The Balaban J connectivity index is 1.79. The molecule has 1 aromatic carbocycles. The van der Waals surface area contributed by atoms with Crippen LogP contribution in [0.15, 0.2) is 18.2 Å². The molecule has 2 heterocycles. The first kappa shape index (κ1) is 11.3. The molecule has 1 atom stereocenters. The summed E-state index contributed by atoms with van der Waals surface area (Å²) in [6.07, 6.45) is 1.21. The highest BCUT2D eigenvalue weighted by atomic mass is 16.7. The fourth-order valence-electron chi connectivity index (χ4n) is 2.35. The van der Waals surface area contributed by atoms with Gasteiger partial charge >= 0.3 is 0 Å². The van der Waals surface area contributed by atoms with Crippen molar-refractivity contribution >= 4 is 5.91 Å². The second kappa shape index (κ2) is 4.49. The van der Waals surface area contributed by atoms with Gasteiger partial charge in [-0.3, -0.25) is 4.79 Å². The van der Waals surface area contributed by atoms with E-state index >= 15 is 0 Å². The van der Waals surface area contributed by atoms with E-state index in [0.717, 1.165) is 12.8 Å². The van der Waals surface area contributed by atoms with Crippen molar-refractivity contribution in [2.24, 2.45) is 0 Å². The van der Waals surface area contributed by atoms with Crippen molar-refractivity contribution in [1.82, 2.24) is 4.90 Å². The Kier molecular flexibility index (Phi) is 2.83. The smallest absolute Gasteiger partial charge is 0.254 e. The second-order valence-corrected chi connectivity index (χ2v) is 4.62. The van der Waals surface area contributed by atoms with Crippen LogP contribution in [0.25, 0.3) is 0 Å². The number of β-amino-alcohol motifs (C(OH)–C–C–N with tert-alkyl or cyclic N) is 1. The first-order valence-electron chi connectivity index (χ1n) is 6.11. The average molecular weight is 249 g/mol. The van der Waals surface area contributed by atoms with E-state index < -0.39 is 6.10 Å². The SMILES string of the molecule is O=C(c1ccc2c(c1)OCO2)N1CCC[C@H](O)C1. The third-order valence-electron chi connectivity index (χ3n) is 3.30. The zero-order valence-corrected chi connectivity index (χ0v) is 9.96. The Morgan fingerprint density at radius 1 is 1.33 bits per heavy atom. The summed E-state index contributed by atoms with van der Waals surface area (Å²) in [4.78, 5) is 13.9. The van der Waals surface area contributed by atoms with Gasteiger partial charge in [0.1, 0.15) is 0 Å². The van der Waals surface area contributed by atoms with Crippen molar-refractivity contribution in [3.8, 4) is 11.5 Å². The van der Waals surface area contributed by atoms with Gasteiger partial charge in [0, 0.05) is 18.7 Å². The Morgan fingerprint density at radius 3 is 3.00 bits per heavy atom.